The van der Waals surface area contributed by atoms with Gasteiger partial charge in [0.05, 0.1) is 24.2 Å². The quantitative estimate of drug-likeness (QED) is 0.619. The van der Waals surface area contributed by atoms with Crippen LogP contribution in [0.4, 0.5) is 15.8 Å². The van der Waals surface area contributed by atoms with Crippen molar-refractivity contribution >= 4 is 17.3 Å². The van der Waals surface area contributed by atoms with Crippen LogP contribution in [0, 0.1) is 15.9 Å². The third kappa shape index (κ3) is 3.09. The third-order valence-electron chi connectivity index (χ3n) is 3.17. The summed E-state index contributed by atoms with van der Waals surface area (Å²) in [5, 5.41) is 29.0. The molecular formula is C12H13FN2O6. The number of morpholine rings is 1. The molecule has 0 amide bonds. The number of carbonyl (C=O) groups is 1. The highest BCUT2D eigenvalue weighted by Crippen LogP contribution is 2.32. The van der Waals surface area contributed by atoms with Gasteiger partial charge in [0.25, 0.3) is 5.69 Å². The Morgan fingerprint density at radius 3 is 2.86 bits per heavy atom. The van der Waals surface area contributed by atoms with E-state index in [-0.39, 0.29) is 32.0 Å². The second-order valence-corrected chi connectivity index (χ2v) is 4.50. The number of hydrogen-bond acceptors (Lipinski definition) is 6. The van der Waals surface area contributed by atoms with Gasteiger partial charge in [0.1, 0.15) is 17.1 Å². The number of rotatable bonds is 4. The van der Waals surface area contributed by atoms with Gasteiger partial charge in [-0.15, -0.1) is 0 Å². The Morgan fingerprint density at radius 2 is 2.29 bits per heavy atom. The van der Waals surface area contributed by atoms with Gasteiger partial charge in [-0.05, 0) is 0 Å². The fourth-order valence-corrected chi connectivity index (χ4v) is 2.16. The molecule has 8 nitrogen and oxygen atoms in total. The minimum atomic E-state index is -1.57. The number of aliphatic hydroxyl groups is 1. The Hall–Kier alpha value is -2.26. The van der Waals surface area contributed by atoms with Crippen LogP contribution < -0.4 is 4.90 Å². The lowest BCUT2D eigenvalue weighted by molar-refractivity contribution is -0.384. The molecule has 1 fully saturated rings. The molecule has 0 saturated carbocycles. The molecule has 114 valence electrons. The zero-order valence-corrected chi connectivity index (χ0v) is 10.9. The Balaban J connectivity index is 2.44. The van der Waals surface area contributed by atoms with Gasteiger partial charge in [0, 0.05) is 25.2 Å². The van der Waals surface area contributed by atoms with Crippen LogP contribution in [0.3, 0.4) is 0 Å². The van der Waals surface area contributed by atoms with Crippen molar-refractivity contribution in [3.63, 3.8) is 0 Å². The van der Waals surface area contributed by atoms with Crippen LogP contribution in [0.25, 0.3) is 0 Å². The average Bonchev–Trinajstić information content (AvgIpc) is 2.46. The molecular weight excluding hydrogens is 287 g/mol. The predicted octanol–water partition coefficient (Wildman–Crippen LogP) is 0.630. The van der Waals surface area contributed by atoms with Crippen molar-refractivity contribution in [1.29, 1.82) is 0 Å². The first kappa shape index (κ1) is 15.1. The van der Waals surface area contributed by atoms with Crippen molar-refractivity contribution < 1.29 is 29.1 Å². The van der Waals surface area contributed by atoms with E-state index in [1.165, 1.54) is 4.90 Å². The molecule has 1 aliphatic rings. The predicted molar refractivity (Wildman–Crippen MR) is 69.1 cm³/mol. The molecule has 2 rings (SSSR count). The van der Waals surface area contributed by atoms with Gasteiger partial charge in [-0.3, -0.25) is 10.1 Å². The monoisotopic (exact) mass is 300 g/mol. The first-order chi connectivity index (χ1) is 9.93. The number of aliphatic hydroxyl groups excluding tert-OH is 1. The van der Waals surface area contributed by atoms with E-state index in [0.717, 1.165) is 6.07 Å². The Bertz CT molecular complexity index is 579. The third-order valence-corrected chi connectivity index (χ3v) is 3.17. The summed E-state index contributed by atoms with van der Waals surface area (Å²) in [6, 6.07) is 1.54. The van der Waals surface area contributed by atoms with Gasteiger partial charge in [-0.1, -0.05) is 0 Å². The number of nitrogens with zero attached hydrogens (tertiary/aromatic N) is 2. The molecule has 0 aromatic heterocycles. The normalized spacial score (nSPS) is 18.6. The summed E-state index contributed by atoms with van der Waals surface area (Å²) in [7, 11) is 0. The van der Waals surface area contributed by atoms with Crippen LogP contribution in [-0.4, -0.2) is 53.5 Å². The summed E-state index contributed by atoms with van der Waals surface area (Å²) in [5.74, 6) is -2.62. The van der Waals surface area contributed by atoms with Crippen LogP contribution in [0.5, 0.6) is 0 Å². The molecule has 1 saturated heterocycles. The van der Waals surface area contributed by atoms with Gasteiger partial charge < -0.3 is 19.8 Å². The summed E-state index contributed by atoms with van der Waals surface area (Å²) in [6.07, 6.45) is -0.527. The Labute approximate surface area is 118 Å². The second-order valence-electron chi connectivity index (χ2n) is 4.50. The van der Waals surface area contributed by atoms with E-state index < -0.39 is 34.1 Å². The van der Waals surface area contributed by atoms with Crippen molar-refractivity contribution in [2.75, 3.05) is 31.2 Å². The molecule has 1 atom stereocenters. The molecule has 1 unspecified atom stereocenters. The van der Waals surface area contributed by atoms with E-state index in [4.69, 9.17) is 14.9 Å². The number of nitro groups is 1. The number of carboxylic acids is 1. The van der Waals surface area contributed by atoms with Crippen molar-refractivity contribution in [2.45, 2.75) is 6.10 Å². The highest BCUT2D eigenvalue weighted by Gasteiger charge is 2.28. The van der Waals surface area contributed by atoms with Crippen LogP contribution >= 0.6 is 0 Å². The molecule has 1 aliphatic heterocycles. The van der Waals surface area contributed by atoms with Crippen molar-refractivity contribution in [3.05, 3.63) is 33.6 Å². The molecule has 0 spiro atoms. The number of halogens is 1. The number of nitro benzene ring substituents is 1. The van der Waals surface area contributed by atoms with E-state index in [1.54, 1.807) is 0 Å². The lowest BCUT2D eigenvalue weighted by atomic mass is 10.1. The fraction of sp³-hybridized carbons (Fsp3) is 0.417. The smallest absolute Gasteiger partial charge is 0.338 e. The zero-order chi connectivity index (χ0) is 15.6. The molecule has 0 aliphatic carbocycles. The van der Waals surface area contributed by atoms with Gasteiger partial charge >= 0.3 is 5.97 Å². The number of benzene rings is 1. The van der Waals surface area contributed by atoms with Gasteiger partial charge in [-0.2, -0.15) is 0 Å². The van der Waals surface area contributed by atoms with E-state index in [2.05, 4.69) is 0 Å². The fourth-order valence-electron chi connectivity index (χ4n) is 2.16. The largest absolute Gasteiger partial charge is 0.478 e. The summed E-state index contributed by atoms with van der Waals surface area (Å²) in [6.45, 7) is 0.400. The molecule has 2 N–H and O–H groups in total. The van der Waals surface area contributed by atoms with Crippen LogP contribution in [0.2, 0.25) is 0 Å². The molecule has 1 aromatic carbocycles. The van der Waals surface area contributed by atoms with Gasteiger partial charge in [0.2, 0.25) is 0 Å². The van der Waals surface area contributed by atoms with E-state index in [9.17, 15) is 19.3 Å². The van der Waals surface area contributed by atoms with Crippen molar-refractivity contribution in [1.82, 2.24) is 0 Å². The van der Waals surface area contributed by atoms with Crippen molar-refractivity contribution in [2.24, 2.45) is 0 Å². The topological polar surface area (TPSA) is 113 Å². The average molecular weight is 300 g/mol. The van der Waals surface area contributed by atoms with E-state index >= 15 is 0 Å². The zero-order valence-electron chi connectivity index (χ0n) is 10.9. The van der Waals surface area contributed by atoms with Crippen molar-refractivity contribution in [3.8, 4) is 0 Å². The summed E-state index contributed by atoms with van der Waals surface area (Å²) in [5.41, 5.74) is -1.27. The summed E-state index contributed by atoms with van der Waals surface area (Å²) in [4.78, 5) is 22.7. The first-order valence-electron chi connectivity index (χ1n) is 6.12. The summed E-state index contributed by atoms with van der Waals surface area (Å²) < 4.78 is 19.0. The summed E-state index contributed by atoms with van der Waals surface area (Å²) >= 11 is 0. The highest BCUT2D eigenvalue weighted by atomic mass is 19.1. The van der Waals surface area contributed by atoms with Crippen LogP contribution in [-0.2, 0) is 4.74 Å². The number of anilines is 1. The van der Waals surface area contributed by atoms with Crippen LogP contribution in [0.1, 0.15) is 10.4 Å². The first-order valence-corrected chi connectivity index (χ1v) is 6.12. The van der Waals surface area contributed by atoms with Gasteiger partial charge in [-0.25, -0.2) is 9.18 Å². The molecule has 1 heterocycles. The van der Waals surface area contributed by atoms with E-state index in [0.29, 0.717) is 6.07 Å². The second kappa shape index (κ2) is 6.02. The Kier molecular flexibility index (Phi) is 4.34. The maximum Gasteiger partial charge on any atom is 0.338 e. The SMILES string of the molecule is O=C(O)c1cc([N+](=O)[O-])c(N2CCOC(CO)C2)cc1F. The minimum Gasteiger partial charge on any atom is -0.478 e. The lowest BCUT2D eigenvalue weighted by Crippen LogP contribution is -2.44. The number of ether oxygens (including phenoxy) is 1. The van der Waals surface area contributed by atoms with E-state index in [1.807, 2.05) is 0 Å². The minimum absolute atomic E-state index is 0.0238. The lowest BCUT2D eigenvalue weighted by Gasteiger charge is -2.33. The number of carboxylic acid groups (broad SMARTS) is 1. The van der Waals surface area contributed by atoms with Gasteiger partial charge in [0.15, 0.2) is 0 Å². The standard InChI is InChI=1S/C12H13FN2O6/c13-9-4-10(14-1-2-21-7(5-14)6-16)11(15(19)20)3-8(9)12(17)18/h3-4,7,16H,1-2,5-6H2,(H,17,18). The molecule has 1 aromatic rings. The number of hydrogen-bond donors (Lipinski definition) is 2. The maximum absolute atomic E-state index is 13.8. The molecule has 21 heavy (non-hydrogen) atoms. The molecule has 0 bridgehead atoms. The van der Waals surface area contributed by atoms with Crippen LogP contribution in [0.15, 0.2) is 12.1 Å². The Morgan fingerprint density at radius 1 is 1.57 bits per heavy atom. The molecule has 9 heteroatoms. The number of aromatic carboxylic acids is 1. The highest BCUT2D eigenvalue weighted by molar-refractivity contribution is 5.90. The molecule has 0 radical (unpaired) electrons. The maximum atomic E-state index is 13.8.